The standard InChI is InChI=1S/C21H23N5O/c1-4-8-17-18-19(26(3)24-17)20(27)23-21(22-18)25(2)13-15-11-7-10-14-9-5-6-12-16(14)15/h5-7,9-12H,4,8,13H2,1-3H3,(H,22,23,27). The second-order valence-corrected chi connectivity index (χ2v) is 6.90. The molecule has 0 atom stereocenters. The fourth-order valence-corrected chi connectivity index (χ4v) is 3.58. The SMILES string of the molecule is CCCc1nn(C)c2c(=O)[nH]c(N(C)Cc3cccc4ccccc34)nc12. The summed E-state index contributed by atoms with van der Waals surface area (Å²) in [6, 6.07) is 14.6. The summed E-state index contributed by atoms with van der Waals surface area (Å²) in [6.07, 6.45) is 1.77. The Morgan fingerprint density at radius 2 is 1.93 bits per heavy atom. The van der Waals surface area contributed by atoms with E-state index in [4.69, 9.17) is 4.98 Å². The summed E-state index contributed by atoms with van der Waals surface area (Å²) < 4.78 is 1.63. The molecule has 0 amide bonds. The molecule has 27 heavy (non-hydrogen) atoms. The molecule has 4 aromatic rings. The van der Waals surface area contributed by atoms with Gasteiger partial charge in [-0.25, -0.2) is 4.98 Å². The molecule has 0 radical (unpaired) electrons. The van der Waals surface area contributed by atoms with Gasteiger partial charge < -0.3 is 4.90 Å². The normalized spacial score (nSPS) is 11.4. The lowest BCUT2D eigenvalue weighted by Gasteiger charge is -2.19. The lowest BCUT2D eigenvalue weighted by Crippen LogP contribution is -2.23. The van der Waals surface area contributed by atoms with E-state index in [0.717, 1.165) is 18.5 Å². The van der Waals surface area contributed by atoms with Gasteiger partial charge in [0.2, 0.25) is 5.95 Å². The molecule has 0 aliphatic carbocycles. The van der Waals surface area contributed by atoms with Gasteiger partial charge in [0.15, 0.2) is 5.52 Å². The van der Waals surface area contributed by atoms with E-state index in [1.165, 1.54) is 16.3 Å². The largest absolute Gasteiger partial charge is 0.341 e. The molecule has 6 nitrogen and oxygen atoms in total. The van der Waals surface area contributed by atoms with E-state index in [0.29, 0.717) is 23.5 Å². The van der Waals surface area contributed by atoms with E-state index in [-0.39, 0.29) is 5.56 Å². The summed E-state index contributed by atoms with van der Waals surface area (Å²) in [6.45, 7) is 2.75. The number of fused-ring (bicyclic) bond motifs is 2. The van der Waals surface area contributed by atoms with Gasteiger partial charge in [-0.2, -0.15) is 5.10 Å². The molecule has 2 aromatic carbocycles. The molecule has 0 fully saturated rings. The summed E-state index contributed by atoms with van der Waals surface area (Å²) in [5.74, 6) is 0.561. The average molecular weight is 361 g/mol. The van der Waals surface area contributed by atoms with Gasteiger partial charge in [0.1, 0.15) is 5.52 Å². The molecule has 0 aliphatic rings. The predicted octanol–water partition coefficient (Wildman–Crippen LogP) is 3.40. The number of nitrogens with one attached hydrogen (secondary N) is 1. The maximum atomic E-state index is 12.6. The van der Waals surface area contributed by atoms with Gasteiger partial charge in [-0.15, -0.1) is 0 Å². The summed E-state index contributed by atoms with van der Waals surface area (Å²) >= 11 is 0. The predicted molar refractivity (Wildman–Crippen MR) is 109 cm³/mol. The van der Waals surface area contributed by atoms with Crippen molar-refractivity contribution in [1.29, 1.82) is 0 Å². The molecule has 6 heteroatoms. The number of aromatic amines is 1. The zero-order valence-electron chi connectivity index (χ0n) is 15.9. The van der Waals surface area contributed by atoms with Crippen molar-refractivity contribution < 1.29 is 0 Å². The Bertz CT molecular complexity index is 1170. The quantitative estimate of drug-likeness (QED) is 0.592. The van der Waals surface area contributed by atoms with Gasteiger partial charge in [-0.3, -0.25) is 14.5 Å². The Morgan fingerprint density at radius 1 is 1.15 bits per heavy atom. The molecular formula is C21H23N5O. The van der Waals surface area contributed by atoms with Crippen molar-refractivity contribution in [2.45, 2.75) is 26.3 Å². The Labute approximate surface area is 157 Å². The van der Waals surface area contributed by atoms with Crippen LogP contribution in [0.15, 0.2) is 47.3 Å². The van der Waals surface area contributed by atoms with Gasteiger partial charge in [0.25, 0.3) is 5.56 Å². The van der Waals surface area contributed by atoms with Crippen LogP contribution in [-0.2, 0) is 20.0 Å². The smallest absolute Gasteiger partial charge is 0.278 e. The molecule has 4 rings (SSSR count). The van der Waals surface area contributed by atoms with Crippen LogP contribution in [0.25, 0.3) is 21.8 Å². The van der Waals surface area contributed by atoms with Gasteiger partial charge in [-0.1, -0.05) is 55.8 Å². The highest BCUT2D eigenvalue weighted by atomic mass is 16.1. The Hall–Kier alpha value is -3.15. The van der Waals surface area contributed by atoms with Crippen LogP contribution >= 0.6 is 0 Å². The second-order valence-electron chi connectivity index (χ2n) is 6.90. The molecule has 2 heterocycles. The Balaban J connectivity index is 1.75. The molecule has 2 aromatic heterocycles. The number of hydrogen-bond donors (Lipinski definition) is 1. The van der Waals surface area contributed by atoms with Crippen molar-refractivity contribution in [1.82, 2.24) is 19.7 Å². The summed E-state index contributed by atoms with van der Waals surface area (Å²) in [5.41, 5.74) is 3.14. The summed E-state index contributed by atoms with van der Waals surface area (Å²) in [7, 11) is 3.74. The Kier molecular flexibility index (Phi) is 4.39. The summed E-state index contributed by atoms with van der Waals surface area (Å²) in [5, 5.41) is 6.90. The first-order valence-corrected chi connectivity index (χ1v) is 9.22. The number of nitrogens with zero attached hydrogens (tertiary/aromatic N) is 4. The molecule has 0 aliphatic heterocycles. The van der Waals surface area contributed by atoms with Crippen molar-refractivity contribution in [2.24, 2.45) is 7.05 Å². The topological polar surface area (TPSA) is 66.8 Å². The van der Waals surface area contributed by atoms with Crippen LogP contribution in [0.5, 0.6) is 0 Å². The lowest BCUT2D eigenvalue weighted by atomic mass is 10.0. The average Bonchev–Trinajstić information content (AvgIpc) is 2.98. The molecule has 138 valence electrons. The molecule has 0 bridgehead atoms. The number of aryl methyl sites for hydroxylation is 2. The third kappa shape index (κ3) is 3.07. The lowest BCUT2D eigenvalue weighted by molar-refractivity contribution is 0.750. The third-order valence-corrected chi connectivity index (χ3v) is 4.89. The number of H-pyrrole nitrogens is 1. The van der Waals surface area contributed by atoms with Gasteiger partial charge in [0.05, 0.1) is 5.69 Å². The van der Waals surface area contributed by atoms with Crippen LogP contribution in [-0.4, -0.2) is 26.8 Å². The van der Waals surface area contributed by atoms with Crippen LogP contribution in [0.3, 0.4) is 0 Å². The van der Waals surface area contributed by atoms with Crippen molar-refractivity contribution in [3.8, 4) is 0 Å². The maximum Gasteiger partial charge on any atom is 0.278 e. The van der Waals surface area contributed by atoms with E-state index < -0.39 is 0 Å². The zero-order valence-corrected chi connectivity index (χ0v) is 15.9. The van der Waals surface area contributed by atoms with Gasteiger partial charge in [-0.05, 0) is 22.8 Å². The van der Waals surface area contributed by atoms with E-state index >= 15 is 0 Å². The van der Waals surface area contributed by atoms with E-state index in [2.05, 4.69) is 47.3 Å². The minimum atomic E-state index is -0.155. The minimum Gasteiger partial charge on any atom is -0.341 e. The highest BCUT2D eigenvalue weighted by Crippen LogP contribution is 2.22. The van der Waals surface area contributed by atoms with Crippen LogP contribution in [0, 0.1) is 0 Å². The fraction of sp³-hybridized carbons (Fsp3) is 0.286. The molecular weight excluding hydrogens is 338 g/mol. The number of benzene rings is 2. The van der Waals surface area contributed by atoms with Gasteiger partial charge in [0, 0.05) is 20.6 Å². The third-order valence-electron chi connectivity index (χ3n) is 4.89. The number of rotatable bonds is 5. The molecule has 0 saturated carbocycles. The first kappa shape index (κ1) is 17.3. The van der Waals surface area contributed by atoms with E-state index in [9.17, 15) is 4.79 Å². The highest BCUT2D eigenvalue weighted by molar-refractivity contribution is 5.86. The molecule has 0 saturated heterocycles. The van der Waals surface area contributed by atoms with Crippen LogP contribution < -0.4 is 10.5 Å². The fourth-order valence-electron chi connectivity index (χ4n) is 3.58. The Morgan fingerprint density at radius 3 is 2.74 bits per heavy atom. The monoisotopic (exact) mass is 361 g/mol. The number of anilines is 1. The molecule has 0 spiro atoms. The van der Waals surface area contributed by atoms with Crippen LogP contribution in [0.4, 0.5) is 5.95 Å². The minimum absolute atomic E-state index is 0.155. The zero-order chi connectivity index (χ0) is 19.0. The van der Waals surface area contributed by atoms with E-state index in [1.54, 1.807) is 11.7 Å². The van der Waals surface area contributed by atoms with Crippen molar-refractivity contribution in [3.05, 3.63) is 64.1 Å². The van der Waals surface area contributed by atoms with Gasteiger partial charge >= 0.3 is 0 Å². The second kappa shape index (κ2) is 6.87. The first-order chi connectivity index (χ1) is 13.1. The van der Waals surface area contributed by atoms with E-state index in [1.807, 2.05) is 24.1 Å². The first-order valence-electron chi connectivity index (χ1n) is 9.22. The number of hydrogen-bond acceptors (Lipinski definition) is 4. The molecule has 0 unspecified atom stereocenters. The van der Waals surface area contributed by atoms with Crippen LogP contribution in [0.2, 0.25) is 0 Å². The highest BCUT2D eigenvalue weighted by Gasteiger charge is 2.16. The van der Waals surface area contributed by atoms with Crippen molar-refractivity contribution >= 4 is 27.8 Å². The summed E-state index contributed by atoms with van der Waals surface area (Å²) in [4.78, 5) is 22.3. The number of aromatic nitrogens is 4. The van der Waals surface area contributed by atoms with Crippen LogP contribution in [0.1, 0.15) is 24.6 Å². The molecule has 1 N–H and O–H groups in total. The van der Waals surface area contributed by atoms with Crippen molar-refractivity contribution in [2.75, 3.05) is 11.9 Å². The maximum absolute atomic E-state index is 12.6. The van der Waals surface area contributed by atoms with Crippen molar-refractivity contribution in [3.63, 3.8) is 0 Å².